The zero-order valence-corrected chi connectivity index (χ0v) is 14.5. The normalized spacial score (nSPS) is 15.1. The van der Waals surface area contributed by atoms with Crippen molar-refractivity contribution in [1.82, 2.24) is 14.5 Å². The van der Waals surface area contributed by atoms with Gasteiger partial charge in [0.25, 0.3) is 10.0 Å². The summed E-state index contributed by atoms with van der Waals surface area (Å²) in [4.78, 5) is 26.6. The van der Waals surface area contributed by atoms with Gasteiger partial charge in [0, 0.05) is 26.2 Å². The van der Waals surface area contributed by atoms with Gasteiger partial charge in [0.05, 0.1) is 11.5 Å². The fourth-order valence-corrected chi connectivity index (χ4v) is 3.23. The molecule has 1 aromatic carbocycles. The van der Waals surface area contributed by atoms with Crippen molar-refractivity contribution in [3.05, 3.63) is 29.8 Å². The predicted molar refractivity (Wildman–Crippen MR) is 87.1 cm³/mol. The summed E-state index contributed by atoms with van der Waals surface area (Å²) in [7, 11) is -3.91. The van der Waals surface area contributed by atoms with Crippen LogP contribution in [-0.4, -0.2) is 63.1 Å². The Morgan fingerprint density at radius 2 is 1.62 bits per heavy atom. The van der Waals surface area contributed by atoms with E-state index in [4.69, 9.17) is 4.74 Å². The average molecular weight is 355 g/mol. The van der Waals surface area contributed by atoms with Gasteiger partial charge in [-0.15, -0.1) is 0 Å². The molecule has 1 N–H and O–H groups in total. The van der Waals surface area contributed by atoms with E-state index in [0.29, 0.717) is 13.1 Å². The maximum atomic E-state index is 12.2. The summed E-state index contributed by atoms with van der Waals surface area (Å²) in [6.07, 6.45) is -0.426. The minimum atomic E-state index is -3.91. The molecule has 0 saturated carbocycles. The molecule has 1 heterocycles. The Bertz CT molecular complexity index is 694. The van der Waals surface area contributed by atoms with Crippen LogP contribution in [0.1, 0.15) is 12.5 Å². The number of hydrogen-bond donors (Lipinski definition) is 1. The fourth-order valence-electron chi connectivity index (χ4n) is 2.26. The lowest BCUT2D eigenvalue weighted by atomic mass is 10.2. The number of amides is 3. The van der Waals surface area contributed by atoms with Gasteiger partial charge in [-0.2, -0.15) is 0 Å². The molecule has 0 bridgehead atoms. The Hall–Kier alpha value is -2.29. The van der Waals surface area contributed by atoms with E-state index < -0.39 is 22.1 Å². The summed E-state index contributed by atoms with van der Waals surface area (Å²) in [5.74, 6) is 0. The molecular formula is C15H21N3O5S. The summed E-state index contributed by atoms with van der Waals surface area (Å²) < 4.78 is 31.4. The van der Waals surface area contributed by atoms with E-state index in [2.05, 4.69) is 4.72 Å². The number of benzene rings is 1. The van der Waals surface area contributed by atoms with Crippen LogP contribution < -0.4 is 4.72 Å². The topological polar surface area (TPSA) is 96.0 Å². The summed E-state index contributed by atoms with van der Waals surface area (Å²) in [5.41, 5.74) is 0.926. The SMILES string of the molecule is CCOC(=O)N1CCN(C(=O)NS(=O)(=O)c2ccc(C)cc2)CC1. The molecule has 1 aromatic rings. The predicted octanol–water partition coefficient (Wildman–Crippen LogP) is 1.17. The van der Waals surface area contributed by atoms with Gasteiger partial charge in [-0.3, -0.25) is 0 Å². The molecule has 132 valence electrons. The molecule has 0 aliphatic carbocycles. The molecule has 0 atom stereocenters. The third-order valence-corrected chi connectivity index (χ3v) is 4.98. The van der Waals surface area contributed by atoms with Crippen molar-refractivity contribution in [2.24, 2.45) is 0 Å². The van der Waals surface area contributed by atoms with Crippen LogP contribution in [0.5, 0.6) is 0 Å². The van der Waals surface area contributed by atoms with Crippen molar-refractivity contribution < 1.29 is 22.7 Å². The van der Waals surface area contributed by atoms with Crippen molar-refractivity contribution in [3.63, 3.8) is 0 Å². The maximum Gasteiger partial charge on any atom is 0.409 e. The lowest BCUT2D eigenvalue weighted by molar-refractivity contribution is 0.0858. The molecule has 1 saturated heterocycles. The van der Waals surface area contributed by atoms with Crippen molar-refractivity contribution >= 4 is 22.1 Å². The molecule has 9 heteroatoms. The Kier molecular flexibility index (Phi) is 5.66. The quantitative estimate of drug-likeness (QED) is 0.878. The van der Waals surface area contributed by atoms with Crippen molar-refractivity contribution in [3.8, 4) is 0 Å². The van der Waals surface area contributed by atoms with Gasteiger partial charge < -0.3 is 14.5 Å². The number of sulfonamides is 1. The molecule has 3 amide bonds. The number of carbonyl (C=O) groups excluding carboxylic acids is 2. The summed E-state index contributed by atoms with van der Waals surface area (Å²) in [6, 6.07) is 5.53. The Labute approximate surface area is 141 Å². The van der Waals surface area contributed by atoms with E-state index >= 15 is 0 Å². The van der Waals surface area contributed by atoms with Gasteiger partial charge in [-0.25, -0.2) is 22.7 Å². The van der Waals surface area contributed by atoms with E-state index in [-0.39, 0.29) is 24.6 Å². The van der Waals surface area contributed by atoms with Gasteiger partial charge in [0.15, 0.2) is 0 Å². The van der Waals surface area contributed by atoms with Crippen LogP contribution in [0.2, 0.25) is 0 Å². The minimum absolute atomic E-state index is 0.0339. The average Bonchev–Trinajstić information content (AvgIpc) is 2.55. The second-order valence-electron chi connectivity index (χ2n) is 5.40. The van der Waals surface area contributed by atoms with Crippen LogP contribution in [0.3, 0.4) is 0 Å². The highest BCUT2D eigenvalue weighted by Crippen LogP contribution is 2.11. The van der Waals surface area contributed by atoms with E-state index in [9.17, 15) is 18.0 Å². The lowest BCUT2D eigenvalue weighted by Crippen LogP contribution is -2.54. The highest BCUT2D eigenvalue weighted by molar-refractivity contribution is 7.90. The van der Waals surface area contributed by atoms with Gasteiger partial charge >= 0.3 is 12.1 Å². The van der Waals surface area contributed by atoms with Crippen LogP contribution >= 0.6 is 0 Å². The number of piperazine rings is 1. The van der Waals surface area contributed by atoms with Gasteiger partial charge in [0.1, 0.15) is 0 Å². The van der Waals surface area contributed by atoms with Gasteiger partial charge in [-0.1, -0.05) is 17.7 Å². The number of ether oxygens (including phenoxy) is 1. The molecule has 0 aromatic heterocycles. The molecule has 0 spiro atoms. The number of carbonyl (C=O) groups is 2. The molecule has 2 rings (SSSR count). The summed E-state index contributed by atoms with van der Waals surface area (Å²) >= 11 is 0. The smallest absolute Gasteiger partial charge is 0.409 e. The largest absolute Gasteiger partial charge is 0.450 e. The number of aryl methyl sites for hydroxylation is 1. The first-order valence-corrected chi connectivity index (χ1v) is 9.12. The first-order chi connectivity index (χ1) is 11.3. The van der Waals surface area contributed by atoms with Gasteiger partial charge in [0.2, 0.25) is 0 Å². The van der Waals surface area contributed by atoms with E-state index in [1.54, 1.807) is 19.1 Å². The highest BCUT2D eigenvalue weighted by atomic mass is 32.2. The molecule has 24 heavy (non-hydrogen) atoms. The molecule has 8 nitrogen and oxygen atoms in total. The van der Waals surface area contributed by atoms with Crippen LogP contribution in [0.25, 0.3) is 0 Å². The van der Waals surface area contributed by atoms with E-state index in [1.807, 2.05) is 6.92 Å². The molecule has 1 aliphatic heterocycles. The molecule has 1 aliphatic rings. The van der Waals surface area contributed by atoms with E-state index in [1.165, 1.54) is 21.9 Å². The Morgan fingerprint density at radius 1 is 1.08 bits per heavy atom. The first kappa shape index (κ1) is 18.1. The zero-order valence-electron chi connectivity index (χ0n) is 13.7. The molecule has 1 fully saturated rings. The van der Waals surface area contributed by atoms with Crippen LogP contribution in [0, 0.1) is 6.92 Å². The fraction of sp³-hybridized carbons (Fsp3) is 0.467. The number of hydrogen-bond acceptors (Lipinski definition) is 5. The first-order valence-electron chi connectivity index (χ1n) is 7.63. The lowest BCUT2D eigenvalue weighted by Gasteiger charge is -2.33. The molecular weight excluding hydrogens is 334 g/mol. The van der Waals surface area contributed by atoms with Crippen molar-refractivity contribution in [1.29, 1.82) is 0 Å². The maximum absolute atomic E-state index is 12.2. The zero-order chi connectivity index (χ0) is 17.7. The molecule has 0 radical (unpaired) electrons. The second kappa shape index (κ2) is 7.52. The van der Waals surface area contributed by atoms with Crippen LogP contribution in [0.15, 0.2) is 29.2 Å². The molecule has 0 unspecified atom stereocenters. The van der Waals surface area contributed by atoms with E-state index in [0.717, 1.165) is 5.56 Å². The standard InChI is InChI=1S/C15H21N3O5S/c1-3-23-15(20)18-10-8-17(9-11-18)14(19)16-24(21,22)13-6-4-12(2)5-7-13/h4-7H,3,8-11H2,1-2H3,(H,16,19). The number of nitrogens with zero attached hydrogens (tertiary/aromatic N) is 2. The van der Waals surface area contributed by atoms with Crippen molar-refractivity contribution in [2.45, 2.75) is 18.7 Å². The summed E-state index contributed by atoms with van der Waals surface area (Å²) in [6.45, 7) is 4.94. The second-order valence-corrected chi connectivity index (χ2v) is 7.08. The van der Waals surface area contributed by atoms with Crippen LogP contribution in [0.4, 0.5) is 9.59 Å². The Morgan fingerprint density at radius 3 is 2.17 bits per heavy atom. The third kappa shape index (κ3) is 4.38. The van der Waals surface area contributed by atoms with Crippen LogP contribution in [-0.2, 0) is 14.8 Å². The van der Waals surface area contributed by atoms with Crippen molar-refractivity contribution in [2.75, 3.05) is 32.8 Å². The minimum Gasteiger partial charge on any atom is -0.450 e. The Balaban J connectivity index is 1.94. The van der Waals surface area contributed by atoms with Gasteiger partial charge in [-0.05, 0) is 26.0 Å². The summed E-state index contributed by atoms with van der Waals surface area (Å²) in [5, 5.41) is 0. The number of urea groups is 1. The number of rotatable bonds is 3. The highest BCUT2D eigenvalue weighted by Gasteiger charge is 2.27. The number of nitrogens with one attached hydrogen (secondary N) is 1. The monoisotopic (exact) mass is 355 g/mol. The third-order valence-electron chi connectivity index (χ3n) is 3.65.